The topological polar surface area (TPSA) is 192 Å². The maximum atomic E-state index is 14.2. The summed E-state index contributed by atoms with van der Waals surface area (Å²) in [5.41, 5.74) is 2.85. The molecule has 0 saturated heterocycles. The van der Waals surface area contributed by atoms with Crippen LogP contribution in [0.4, 0.5) is 15.3 Å². The number of unbranched alkanes of at least 4 members (excludes halogenated alkanes) is 11. The number of hydrogen-bond acceptors (Lipinski definition) is 12. The first kappa shape index (κ1) is 55.2. The van der Waals surface area contributed by atoms with Crippen molar-refractivity contribution in [1.29, 1.82) is 0 Å². The molecule has 2 aliphatic carbocycles. The van der Waals surface area contributed by atoms with Gasteiger partial charge in [0.15, 0.2) is 0 Å². The van der Waals surface area contributed by atoms with Crippen molar-refractivity contribution in [1.82, 2.24) is 10.2 Å². The van der Waals surface area contributed by atoms with Gasteiger partial charge in [0, 0.05) is 56.3 Å². The number of nitro benzene ring substituents is 1. The number of ether oxygens (including phenoxy) is 4. The minimum Gasteiger partial charge on any atom is -0.459 e. The Hall–Kier alpha value is -4.70. The number of carbonyl (C=O) groups excluding carboxylic acids is 2. The van der Waals surface area contributed by atoms with Crippen molar-refractivity contribution >= 4 is 35.2 Å². The summed E-state index contributed by atoms with van der Waals surface area (Å²) in [6, 6.07) is 10.7. The van der Waals surface area contributed by atoms with Crippen molar-refractivity contribution in [2.24, 2.45) is 22.9 Å². The lowest BCUT2D eigenvalue weighted by Gasteiger charge is -2.59. The molecule has 0 spiro atoms. The molecule has 6 atom stereocenters. The van der Waals surface area contributed by atoms with Crippen LogP contribution in [0.15, 0.2) is 71.9 Å². The number of fused-ring (bicyclic) bond motifs is 2. The maximum absolute atomic E-state index is 14.2. The van der Waals surface area contributed by atoms with Gasteiger partial charge in [-0.2, -0.15) is 0 Å². The number of benzene rings is 2. The smallest absolute Gasteiger partial charge is 0.412 e. The average molecular weight is 982 g/mol. The second-order valence-electron chi connectivity index (χ2n) is 18.5. The van der Waals surface area contributed by atoms with Gasteiger partial charge in [0.2, 0.25) is 5.79 Å². The Morgan fingerprint density at radius 3 is 2.30 bits per heavy atom. The third-order valence-corrected chi connectivity index (χ3v) is 13.7. The van der Waals surface area contributed by atoms with Gasteiger partial charge in [-0.25, -0.2) is 9.59 Å². The SMILES string of the molecule is C=CCO[C@@]12Oc3ccc(OC(=O)NCCCCCCCCCCCC)cc3[C@H]3[C@H](CCCCO)[C@@H](CCCCO)C=C(C(=NOCc4ccc([N+](=O)[O-])cc4)C[C@@H]1N(CCC)C(=O)OCCCl)[C@H]32. The first-order chi connectivity index (χ1) is 33.7. The molecule has 1 heterocycles. The van der Waals surface area contributed by atoms with Crippen LogP contribution in [0.25, 0.3) is 0 Å². The van der Waals surface area contributed by atoms with Gasteiger partial charge < -0.3 is 39.3 Å². The van der Waals surface area contributed by atoms with E-state index < -0.39 is 34.9 Å². The Bertz CT molecular complexity index is 1980. The number of aliphatic hydroxyl groups excluding tert-OH is 2. The zero-order valence-corrected chi connectivity index (χ0v) is 41.7. The van der Waals surface area contributed by atoms with Crippen LogP contribution in [-0.2, 0) is 20.9 Å². The molecule has 15 nitrogen and oxygen atoms in total. The molecule has 0 radical (unpaired) electrons. The second-order valence-corrected chi connectivity index (χ2v) is 18.8. The molecule has 2 amide bonds. The first-order valence-corrected chi connectivity index (χ1v) is 26.1. The molecular weight excluding hydrogens is 904 g/mol. The fourth-order valence-corrected chi connectivity index (χ4v) is 10.5. The lowest BCUT2D eigenvalue weighted by molar-refractivity contribution is -0.384. The van der Waals surface area contributed by atoms with E-state index >= 15 is 0 Å². The van der Waals surface area contributed by atoms with Crippen molar-refractivity contribution in [2.45, 2.75) is 154 Å². The number of oxime groups is 1. The summed E-state index contributed by atoms with van der Waals surface area (Å²) in [7, 11) is 0. The highest BCUT2D eigenvalue weighted by atomic mass is 35.5. The number of nitrogens with one attached hydrogen (secondary N) is 1. The first-order valence-electron chi connectivity index (χ1n) is 25.5. The number of non-ortho nitro benzene ring substituents is 1. The predicted molar refractivity (Wildman–Crippen MR) is 268 cm³/mol. The minimum absolute atomic E-state index is 0.00785. The third kappa shape index (κ3) is 15.4. The van der Waals surface area contributed by atoms with E-state index in [4.69, 9.17) is 40.5 Å². The van der Waals surface area contributed by atoms with Crippen molar-refractivity contribution in [3.8, 4) is 11.5 Å². The van der Waals surface area contributed by atoms with Gasteiger partial charge in [-0.3, -0.25) is 15.0 Å². The Morgan fingerprint density at radius 2 is 1.65 bits per heavy atom. The molecule has 3 N–H and O–H groups in total. The third-order valence-electron chi connectivity index (χ3n) is 13.6. The number of nitro groups is 1. The zero-order valence-electron chi connectivity index (χ0n) is 41.0. The van der Waals surface area contributed by atoms with Gasteiger partial charge in [0.05, 0.1) is 29.0 Å². The normalized spacial score (nSPS) is 21.8. The van der Waals surface area contributed by atoms with Gasteiger partial charge in [-0.15, -0.1) is 18.2 Å². The second kappa shape index (κ2) is 29.5. The van der Waals surface area contributed by atoms with E-state index in [0.29, 0.717) is 55.1 Å². The lowest BCUT2D eigenvalue weighted by Crippen LogP contribution is -2.70. The number of allylic oxidation sites excluding steroid dienone is 1. The van der Waals surface area contributed by atoms with E-state index in [1.807, 2.05) is 19.1 Å². The summed E-state index contributed by atoms with van der Waals surface area (Å²) in [6.07, 6.45) is 19.6. The van der Waals surface area contributed by atoms with Crippen molar-refractivity contribution < 1.29 is 48.5 Å². The summed E-state index contributed by atoms with van der Waals surface area (Å²) >= 11 is 6.04. The molecular formula is C53H77ClN4O11. The molecule has 2 aromatic carbocycles. The summed E-state index contributed by atoms with van der Waals surface area (Å²) in [4.78, 5) is 46.2. The number of nitrogens with zero attached hydrogens (tertiary/aromatic N) is 3. The van der Waals surface area contributed by atoms with E-state index in [1.54, 1.807) is 29.2 Å². The van der Waals surface area contributed by atoms with Crippen LogP contribution in [-0.4, -0.2) is 95.2 Å². The predicted octanol–water partition coefficient (Wildman–Crippen LogP) is 11.5. The Morgan fingerprint density at radius 1 is 0.957 bits per heavy atom. The Balaban J connectivity index is 1.56. The number of amides is 2. The van der Waals surface area contributed by atoms with E-state index in [-0.39, 0.29) is 68.8 Å². The van der Waals surface area contributed by atoms with Crippen LogP contribution in [0.2, 0.25) is 0 Å². The molecule has 0 unspecified atom stereocenters. The average Bonchev–Trinajstić information content (AvgIpc) is 3.35. The molecule has 0 aromatic heterocycles. The van der Waals surface area contributed by atoms with E-state index in [9.17, 15) is 29.9 Å². The number of hydrogen-bond donors (Lipinski definition) is 3. The number of carbonyl (C=O) groups is 2. The van der Waals surface area contributed by atoms with Crippen LogP contribution in [0.1, 0.15) is 146 Å². The number of rotatable bonds is 32. The molecule has 2 aromatic rings. The zero-order chi connectivity index (χ0) is 49.4. The summed E-state index contributed by atoms with van der Waals surface area (Å²) in [5, 5.41) is 39.0. The summed E-state index contributed by atoms with van der Waals surface area (Å²) in [6.45, 7) is 9.18. The van der Waals surface area contributed by atoms with Crippen molar-refractivity contribution in [3.05, 3.63) is 88.0 Å². The minimum atomic E-state index is -1.51. The van der Waals surface area contributed by atoms with Gasteiger partial charge >= 0.3 is 12.2 Å². The summed E-state index contributed by atoms with van der Waals surface area (Å²) in [5.74, 6) is -1.56. The van der Waals surface area contributed by atoms with E-state index in [2.05, 4.69) is 24.9 Å². The van der Waals surface area contributed by atoms with Crippen molar-refractivity contribution in [3.63, 3.8) is 0 Å². The van der Waals surface area contributed by atoms with Crippen LogP contribution in [0.3, 0.4) is 0 Å². The Labute approximate surface area is 414 Å². The molecule has 5 rings (SSSR count). The molecule has 1 aliphatic heterocycles. The monoisotopic (exact) mass is 981 g/mol. The molecule has 382 valence electrons. The molecule has 1 fully saturated rings. The highest BCUT2D eigenvalue weighted by molar-refractivity contribution is 6.18. The van der Waals surface area contributed by atoms with Gasteiger partial charge in [-0.1, -0.05) is 102 Å². The lowest BCUT2D eigenvalue weighted by atomic mass is 9.55. The van der Waals surface area contributed by atoms with Gasteiger partial charge in [0.1, 0.15) is 30.8 Å². The van der Waals surface area contributed by atoms with Crippen LogP contribution >= 0.6 is 11.6 Å². The maximum Gasteiger partial charge on any atom is 0.412 e. The standard InChI is InChI=1S/C53H77ClN4O11/c1-4-7-8-9-10-11-12-13-14-17-29-55-51(61)68-42-26-27-47-45(36-42)49-43(21-16-19-32-60)40(20-15-18-31-59)35-44-46(56-67-38-39-22-24-41(25-23-39)58(63)64)37-48(53(69-47,50(44)49)66-33-6-3)57(30-5-2)52(62)65-34-28-54/h6,22-27,35-36,40,43,48-50,59-60H,3-5,7-21,28-34,37-38H2,1-2H3,(H,55,61)/t40-,43+,48-,49+,50+,53+/m0/s1. The Kier molecular flexibility index (Phi) is 23.6. The molecule has 69 heavy (non-hydrogen) atoms. The largest absolute Gasteiger partial charge is 0.459 e. The molecule has 0 bridgehead atoms. The highest BCUT2D eigenvalue weighted by Gasteiger charge is 2.65. The fourth-order valence-electron chi connectivity index (χ4n) is 10.4. The number of halogens is 1. The van der Waals surface area contributed by atoms with Crippen LogP contribution in [0, 0.1) is 27.9 Å². The van der Waals surface area contributed by atoms with Crippen LogP contribution in [0.5, 0.6) is 11.5 Å². The van der Waals surface area contributed by atoms with Gasteiger partial charge in [0.25, 0.3) is 5.69 Å². The van der Waals surface area contributed by atoms with E-state index in [1.165, 1.54) is 57.1 Å². The van der Waals surface area contributed by atoms with Crippen LogP contribution < -0.4 is 14.8 Å². The number of alkyl halides is 1. The molecule has 3 aliphatic rings. The van der Waals surface area contributed by atoms with Crippen molar-refractivity contribution in [2.75, 3.05) is 45.4 Å². The van der Waals surface area contributed by atoms with Gasteiger partial charge in [-0.05, 0) is 91.8 Å². The molecule has 1 saturated carbocycles. The number of aliphatic hydroxyl groups is 2. The summed E-state index contributed by atoms with van der Waals surface area (Å²) < 4.78 is 26.0. The van der Waals surface area contributed by atoms with E-state index in [0.717, 1.165) is 56.1 Å². The highest BCUT2D eigenvalue weighted by Crippen LogP contribution is 2.62. The quantitative estimate of drug-likeness (QED) is 0.0208. The fraction of sp³-hybridized carbons (Fsp3) is 0.642. The molecule has 16 heteroatoms.